The molecule has 8 nitrogen and oxygen atoms in total. The molecule has 1 aliphatic heterocycles. The van der Waals surface area contributed by atoms with Gasteiger partial charge in [0.25, 0.3) is 0 Å². The Morgan fingerprint density at radius 1 is 1.22 bits per heavy atom. The molecule has 0 bridgehead atoms. The van der Waals surface area contributed by atoms with Crippen molar-refractivity contribution in [2.45, 2.75) is 70.0 Å². The fraction of sp³-hybridized carbons (Fsp3) is 0.684. The minimum Gasteiger partial charge on any atom is -0.347 e. The van der Waals surface area contributed by atoms with Crippen LogP contribution < -0.4 is 10.6 Å². The molecule has 146 valence electrons. The minimum absolute atomic E-state index is 0.0513. The second kappa shape index (κ2) is 8.65. The summed E-state index contributed by atoms with van der Waals surface area (Å²) in [5, 5.41) is 19.2. The van der Waals surface area contributed by atoms with Crippen molar-refractivity contribution in [3.8, 4) is 0 Å². The highest BCUT2D eigenvalue weighted by Crippen LogP contribution is 2.28. The van der Waals surface area contributed by atoms with Gasteiger partial charge >= 0.3 is 0 Å². The molecule has 2 fully saturated rings. The van der Waals surface area contributed by atoms with Crippen LogP contribution in [0.1, 0.15) is 68.4 Å². The molecule has 0 spiro atoms. The van der Waals surface area contributed by atoms with Gasteiger partial charge in [-0.05, 0) is 38.3 Å². The number of amides is 1. The summed E-state index contributed by atoms with van der Waals surface area (Å²) in [5.41, 5.74) is 1.08. The molecule has 0 aromatic carbocycles. The van der Waals surface area contributed by atoms with Gasteiger partial charge < -0.3 is 15.2 Å². The molecule has 8 heteroatoms. The molecule has 2 aliphatic rings. The Morgan fingerprint density at radius 3 is 2.93 bits per heavy atom. The quantitative estimate of drug-likeness (QED) is 0.808. The first-order chi connectivity index (χ1) is 13.3. The number of aromatic nitrogens is 5. The number of carbonyl (C=O) groups is 1. The maximum atomic E-state index is 12.3. The second-order valence-corrected chi connectivity index (χ2v) is 7.70. The number of piperidine rings is 1. The van der Waals surface area contributed by atoms with Gasteiger partial charge in [0.1, 0.15) is 12.9 Å². The number of nitrogens with one attached hydrogen (secondary N) is 2. The molecular formula is C19H29N7O. The van der Waals surface area contributed by atoms with Gasteiger partial charge in [0.15, 0.2) is 5.82 Å². The Morgan fingerprint density at radius 2 is 2.11 bits per heavy atom. The number of carbonyl (C=O) groups excluding carboxylic acids is 1. The molecule has 2 N–H and O–H groups in total. The molecule has 27 heavy (non-hydrogen) atoms. The van der Waals surface area contributed by atoms with Gasteiger partial charge in [-0.2, -0.15) is 5.10 Å². The van der Waals surface area contributed by atoms with Crippen LogP contribution in [0, 0.1) is 0 Å². The van der Waals surface area contributed by atoms with Crippen molar-refractivity contribution in [3.63, 3.8) is 0 Å². The third-order valence-corrected chi connectivity index (χ3v) is 5.74. The Bertz CT molecular complexity index is 741. The molecule has 4 rings (SSSR count). The van der Waals surface area contributed by atoms with Gasteiger partial charge in [0.2, 0.25) is 5.91 Å². The molecule has 2 aromatic rings. The summed E-state index contributed by atoms with van der Waals surface area (Å²) in [6, 6.07) is 2.50. The van der Waals surface area contributed by atoms with E-state index in [0.29, 0.717) is 18.5 Å². The first-order valence-corrected chi connectivity index (χ1v) is 10.2. The predicted molar refractivity (Wildman–Crippen MR) is 101 cm³/mol. The number of nitrogens with zero attached hydrogens (tertiary/aromatic N) is 5. The third kappa shape index (κ3) is 4.55. The zero-order valence-electron chi connectivity index (χ0n) is 15.8. The second-order valence-electron chi connectivity index (χ2n) is 7.70. The maximum absolute atomic E-state index is 12.3. The number of hydrogen-bond acceptors (Lipinski definition) is 5. The zero-order valence-corrected chi connectivity index (χ0v) is 15.8. The van der Waals surface area contributed by atoms with Crippen LogP contribution in [0.5, 0.6) is 0 Å². The van der Waals surface area contributed by atoms with E-state index in [9.17, 15) is 4.79 Å². The summed E-state index contributed by atoms with van der Waals surface area (Å²) in [4.78, 5) is 12.3. The van der Waals surface area contributed by atoms with Gasteiger partial charge in [-0.25, -0.2) is 0 Å². The highest BCUT2D eigenvalue weighted by Gasteiger charge is 2.20. The van der Waals surface area contributed by atoms with Crippen LogP contribution in [0.15, 0.2) is 18.6 Å². The summed E-state index contributed by atoms with van der Waals surface area (Å²) < 4.78 is 3.87. The van der Waals surface area contributed by atoms with Crippen molar-refractivity contribution in [3.05, 3.63) is 30.1 Å². The molecular weight excluding hydrogens is 342 g/mol. The third-order valence-electron chi connectivity index (χ3n) is 5.74. The molecule has 1 saturated heterocycles. The van der Waals surface area contributed by atoms with E-state index in [4.69, 9.17) is 0 Å². The van der Waals surface area contributed by atoms with E-state index >= 15 is 0 Å². The lowest BCUT2D eigenvalue weighted by molar-refractivity contribution is -0.122. The Balaban J connectivity index is 1.29. The van der Waals surface area contributed by atoms with E-state index < -0.39 is 0 Å². The highest BCUT2D eigenvalue weighted by molar-refractivity contribution is 5.75. The van der Waals surface area contributed by atoms with Crippen LogP contribution >= 0.6 is 0 Å². The van der Waals surface area contributed by atoms with Crippen LogP contribution in [0.4, 0.5) is 0 Å². The van der Waals surface area contributed by atoms with Crippen LogP contribution in [0.2, 0.25) is 0 Å². The van der Waals surface area contributed by atoms with Crippen molar-refractivity contribution >= 4 is 5.91 Å². The van der Waals surface area contributed by atoms with Gasteiger partial charge in [0.05, 0.1) is 12.2 Å². The monoisotopic (exact) mass is 371 g/mol. The van der Waals surface area contributed by atoms with Gasteiger partial charge in [0, 0.05) is 24.7 Å². The fourth-order valence-corrected chi connectivity index (χ4v) is 4.23. The van der Waals surface area contributed by atoms with Crippen molar-refractivity contribution < 1.29 is 4.79 Å². The minimum atomic E-state index is -0.0513. The Kier molecular flexibility index (Phi) is 5.81. The highest BCUT2D eigenvalue weighted by atomic mass is 16.2. The first-order valence-electron chi connectivity index (χ1n) is 10.2. The fourth-order valence-electron chi connectivity index (χ4n) is 4.23. The summed E-state index contributed by atoms with van der Waals surface area (Å²) in [6.45, 7) is 2.71. The van der Waals surface area contributed by atoms with E-state index in [1.165, 1.54) is 38.5 Å². The smallest absolute Gasteiger partial charge is 0.242 e. The van der Waals surface area contributed by atoms with Crippen molar-refractivity contribution in [2.24, 2.45) is 0 Å². The topological polar surface area (TPSA) is 89.7 Å². The number of hydrogen-bond donors (Lipinski definition) is 2. The summed E-state index contributed by atoms with van der Waals surface area (Å²) >= 11 is 0. The average molecular weight is 371 g/mol. The predicted octanol–water partition coefficient (Wildman–Crippen LogP) is 1.76. The zero-order chi connectivity index (χ0) is 18.5. The SMILES string of the molecule is O=C(Cn1ccc(C2CCCNC2)n1)NCc1nncn1C1CCCCC1. The number of rotatable bonds is 6. The van der Waals surface area contributed by atoms with E-state index in [0.717, 1.165) is 31.0 Å². The Labute approximate surface area is 159 Å². The lowest BCUT2D eigenvalue weighted by Gasteiger charge is -2.24. The van der Waals surface area contributed by atoms with Gasteiger partial charge in [-0.15, -0.1) is 10.2 Å². The standard InChI is InChI=1S/C19H29N7O/c27-19(13-25-10-8-17(24-25)15-5-4-9-20-11-15)21-12-18-23-22-14-26(18)16-6-2-1-3-7-16/h8,10,14-16,20H,1-7,9,11-13H2,(H,21,27). The summed E-state index contributed by atoms with van der Waals surface area (Å²) in [6.07, 6.45) is 12.2. The van der Waals surface area contributed by atoms with E-state index in [-0.39, 0.29) is 12.5 Å². The first kappa shape index (κ1) is 18.2. The molecule has 2 aromatic heterocycles. The van der Waals surface area contributed by atoms with Crippen LogP contribution in [-0.4, -0.2) is 43.5 Å². The lowest BCUT2D eigenvalue weighted by Crippen LogP contribution is -2.30. The van der Waals surface area contributed by atoms with E-state index in [1.807, 2.05) is 12.3 Å². The largest absolute Gasteiger partial charge is 0.347 e. The van der Waals surface area contributed by atoms with Gasteiger partial charge in [-0.1, -0.05) is 19.3 Å². The molecule has 1 aliphatic carbocycles. The molecule has 1 atom stereocenters. The van der Waals surface area contributed by atoms with E-state index in [1.54, 1.807) is 11.0 Å². The van der Waals surface area contributed by atoms with E-state index in [2.05, 4.69) is 30.5 Å². The summed E-state index contributed by atoms with van der Waals surface area (Å²) in [5.74, 6) is 1.24. The molecule has 3 heterocycles. The van der Waals surface area contributed by atoms with Gasteiger partial charge in [-0.3, -0.25) is 9.48 Å². The normalized spacial score (nSPS) is 21.3. The molecule has 0 radical (unpaired) electrons. The molecule has 1 unspecified atom stereocenters. The summed E-state index contributed by atoms with van der Waals surface area (Å²) in [7, 11) is 0. The van der Waals surface area contributed by atoms with Crippen LogP contribution in [0.3, 0.4) is 0 Å². The molecule has 1 amide bonds. The lowest BCUT2D eigenvalue weighted by atomic mass is 9.95. The maximum Gasteiger partial charge on any atom is 0.242 e. The van der Waals surface area contributed by atoms with Crippen molar-refractivity contribution in [2.75, 3.05) is 13.1 Å². The van der Waals surface area contributed by atoms with Crippen LogP contribution in [-0.2, 0) is 17.9 Å². The van der Waals surface area contributed by atoms with Crippen LogP contribution in [0.25, 0.3) is 0 Å². The Hall–Kier alpha value is -2.22. The molecule has 1 saturated carbocycles. The van der Waals surface area contributed by atoms with Crippen molar-refractivity contribution in [1.82, 2.24) is 35.2 Å². The van der Waals surface area contributed by atoms with Crippen molar-refractivity contribution in [1.29, 1.82) is 0 Å². The average Bonchev–Trinajstić information content (AvgIpc) is 3.37.